The average molecular weight is 190 g/mol. The second kappa shape index (κ2) is 3.79. The van der Waals surface area contributed by atoms with Gasteiger partial charge < -0.3 is 10.8 Å². The molecule has 3 heteroatoms. The van der Waals surface area contributed by atoms with E-state index in [2.05, 4.69) is 6.07 Å². The maximum atomic E-state index is 9.16. The van der Waals surface area contributed by atoms with Crippen molar-refractivity contribution in [3.05, 3.63) is 34.9 Å². The predicted molar refractivity (Wildman–Crippen MR) is 54.5 cm³/mol. The summed E-state index contributed by atoms with van der Waals surface area (Å²) in [6, 6.07) is 7.49. The fourth-order valence-electron chi connectivity index (χ4n) is 1.60. The molecule has 3 nitrogen and oxygen atoms in total. The summed E-state index contributed by atoms with van der Waals surface area (Å²) in [7, 11) is 0. The Kier molecular flexibility index (Phi) is 2.90. The van der Waals surface area contributed by atoms with Gasteiger partial charge in [0.1, 0.15) is 0 Å². The fraction of sp³-hybridized carbons (Fsp3) is 0.364. The summed E-state index contributed by atoms with van der Waals surface area (Å²) in [6.07, 6.45) is 0. The van der Waals surface area contributed by atoms with E-state index in [1.807, 2.05) is 19.1 Å². The van der Waals surface area contributed by atoms with Gasteiger partial charge in [0, 0.05) is 0 Å². The van der Waals surface area contributed by atoms with Gasteiger partial charge in [-0.1, -0.05) is 12.1 Å². The summed E-state index contributed by atoms with van der Waals surface area (Å²) < 4.78 is 0. The summed E-state index contributed by atoms with van der Waals surface area (Å²) in [6.45, 7) is 3.43. The Bertz CT molecular complexity index is 377. The Morgan fingerprint density at radius 1 is 1.57 bits per heavy atom. The third kappa shape index (κ3) is 1.77. The van der Waals surface area contributed by atoms with E-state index in [0.29, 0.717) is 5.56 Å². The second-order valence-electron chi connectivity index (χ2n) is 3.68. The monoisotopic (exact) mass is 190 g/mol. The van der Waals surface area contributed by atoms with E-state index in [1.165, 1.54) is 0 Å². The molecule has 0 aliphatic rings. The molecule has 0 saturated carbocycles. The molecular weight excluding hydrogens is 176 g/mol. The molecule has 0 aliphatic carbocycles. The van der Waals surface area contributed by atoms with Crippen LogP contribution < -0.4 is 5.73 Å². The minimum Gasteiger partial charge on any atom is -0.394 e. The highest BCUT2D eigenvalue weighted by molar-refractivity contribution is 5.46. The molecule has 1 aromatic rings. The number of aliphatic hydroxyl groups is 1. The third-order valence-corrected chi connectivity index (χ3v) is 2.29. The summed E-state index contributed by atoms with van der Waals surface area (Å²) in [4.78, 5) is 0. The number of aliphatic hydroxyl groups excluding tert-OH is 1. The van der Waals surface area contributed by atoms with E-state index in [0.717, 1.165) is 11.1 Å². The highest BCUT2D eigenvalue weighted by Crippen LogP contribution is 2.24. The van der Waals surface area contributed by atoms with Crippen LogP contribution in [-0.4, -0.2) is 11.7 Å². The van der Waals surface area contributed by atoms with E-state index in [1.54, 1.807) is 13.0 Å². The molecule has 1 rings (SSSR count). The van der Waals surface area contributed by atoms with Crippen LogP contribution in [0, 0.1) is 18.3 Å². The van der Waals surface area contributed by atoms with Crippen LogP contribution in [0.1, 0.15) is 23.6 Å². The van der Waals surface area contributed by atoms with E-state index in [-0.39, 0.29) is 6.61 Å². The highest BCUT2D eigenvalue weighted by atomic mass is 16.3. The Hall–Kier alpha value is -1.37. The van der Waals surface area contributed by atoms with Crippen LogP contribution in [0.2, 0.25) is 0 Å². The van der Waals surface area contributed by atoms with Gasteiger partial charge in [0.15, 0.2) is 0 Å². The number of nitrogens with two attached hydrogens (primary N) is 1. The zero-order valence-corrected chi connectivity index (χ0v) is 8.41. The number of hydrogen-bond acceptors (Lipinski definition) is 3. The van der Waals surface area contributed by atoms with E-state index in [4.69, 9.17) is 16.1 Å². The molecule has 0 saturated heterocycles. The molecule has 0 unspecified atom stereocenters. The lowest BCUT2D eigenvalue weighted by Gasteiger charge is -2.25. The largest absolute Gasteiger partial charge is 0.394 e. The third-order valence-electron chi connectivity index (χ3n) is 2.29. The lowest BCUT2D eigenvalue weighted by molar-refractivity contribution is 0.209. The van der Waals surface area contributed by atoms with Gasteiger partial charge in [-0.25, -0.2) is 0 Å². The number of nitrogens with zero attached hydrogens (tertiary/aromatic N) is 1. The first-order chi connectivity index (χ1) is 6.53. The number of aryl methyl sites for hydroxylation is 1. The molecule has 0 bridgehead atoms. The molecule has 0 amide bonds. The summed E-state index contributed by atoms with van der Waals surface area (Å²) in [5.41, 5.74) is 7.25. The summed E-state index contributed by atoms with van der Waals surface area (Å²) in [5, 5.41) is 18.1. The molecule has 74 valence electrons. The van der Waals surface area contributed by atoms with E-state index in [9.17, 15) is 0 Å². The Morgan fingerprint density at radius 3 is 2.71 bits per heavy atom. The first-order valence-corrected chi connectivity index (χ1v) is 4.43. The number of benzene rings is 1. The van der Waals surface area contributed by atoms with Crippen LogP contribution in [0.5, 0.6) is 0 Å². The number of nitriles is 1. The van der Waals surface area contributed by atoms with Crippen molar-refractivity contribution >= 4 is 0 Å². The van der Waals surface area contributed by atoms with Crippen molar-refractivity contribution in [1.82, 2.24) is 0 Å². The Labute approximate surface area is 83.8 Å². The van der Waals surface area contributed by atoms with Crippen LogP contribution in [0.4, 0.5) is 0 Å². The molecule has 1 aromatic carbocycles. The van der Waals surface area contributed by atoms with Crippen molar-refractivity contribution in [2.75, 3.05) is 6.61 Å². The lowest BCUT2D eigenvalue weighted by atomic mass is 9.87. The molecule has 0 fully saturated rings. The maximum absolute atomic E-state index is 9.16. The van der Waals surface area contributed by atoms with Crippen LogP contribution in [0.25, 0.3) is 0 Å². The number of rotatable bonds is 2. The van der Waals surface area contributed by atoms with Gasteiger partial charge in [-0.3, -0.25) is 0 Å². The van der Waals surface area contributed by atoms with Gasteiger partial charge in [0.25, 0.3) is 0 Å². The van der Waals surface area contributed by atoms with Gasteiger partial charge in [-0.05, 0) is 31.0 Å². The van der Waals surface area contributed by atoms with Crippen LogP contribution >= 0.6 is 0 Å². The zero-order chi connectivity index (χ0) is 10.8. The normalized spacial score (nSPS) is 14.5. The molecule has 14 heavy (non-hydrogen) atoms. The Balaban J connectivity index is 3.40. The van der Waals surface area contributed by atoms with Gasteiger partial charge in [0.2, 0.25) is 0 Å². The van der Waals surface area contributed by atoms with Crippen molar-refractivity contribution in [2.45, 2.75) is 19.4 Å². The van der Waals surface area contributed by atoms with Crippen molar-refractivity contribution in [1.29, 1.82) is 5.26 Å². The summed E-state index contributed by atoms with van der Waals surface area (Å²) in [5.74, 6) is 0. The predicted octanol–water partition coefficient (Wildman–Crippen LogP) is 1.03. The SMILES string of the molecule is Cc1cccc(C#N)c1[C@@](C)(N)CO. The van der Waals surface area contributed by atoms with Gasteiger partial charge in [0.05, 0.1) is 23.8 Å². The van der Waals surface area contributed by atoms with Gasteiger partial charge in [-0.2, -0.15) is 5.26 Å². The lowest BCUT2D eigenvalue weighted by Crippen LogP contribution is -2.38. The van der Waals surface area contributed by atoms with Crippen molar-refractivity contribution in [3.63, 3.8) is 0 Å². The number of hydrogen-bond donors (Lipinski definition) is 2. The fourth-order valence-corrected chi connectivity index (χ4v) is 1.60. The minimum absolute atomic E-state index is 0.174. The van der Waals surface area contributed by atoms with E-state index < -0.39 is 5.54 Å². The Morgan fingerprint density at radius 2 is 2.21 bits per heavy atom. The zero-order valence-electron chi connectivity index (χ0n) is 8.41. The van der Waals surface area contributed by atoms with Crippen LogP contribution in [-0.2, 0) is 5.54 Å². The van der Waals surface area contributed by atoms with E-state index >= 15 is 0 Å². The van der Waals surface area contributed by atoms with Crippen molar-refractivity contribution in [3.8, 4) is 6.07 Å². The van der Waals surface area contributed by atoms with Gasteiger partial charge >= 0.3 is 0 Å². The molecular formula is C11H14N2O. The summed E-state index contributed by atoms with van der Waals surface area (Å²) >= 11 is 0. The molecule has 0 spiro atoms. The molecule has 0 aromatic heterocycles. The van der Waals surface area contributed by atoms with Crippen molar-refractivity contribution in [2.24, 2.45) is 5.73 Å². The average Bonchev–Trinajstić information content (AvgIpc) is 2.17. The van der Waals surface area contributed by atoms with Gasteiger partial charge in [-0.15, -0.1) is 0 Å². The quantitative estimate of drug-likeness (QED) is 0.731. The first-order valence-electron chi connectivity index (χ1n) is 4.43. The smallest absolute Gasteiger partial charge is 0.0995 e. The highest BCUT2D eigenvalue weighted by Gasteiger charge is 2.24. The standard InChI is InChI=1S/C11H14N2O/c1-8-4-3-5-9(6-12)10(8)11(2,13)7-14/h3-5,14H,7,13H2,1-2H3/t11-/m0/s1. The first kappa shape index (κ1) is 10.7. The molecule has 0 radical (unpaired) electrons. The molecule has 1 atom stereocenters. The van der Waals surface area contributed by atoms with Crippen molar-refractivity contribution < 1.29 is 5.11 Å². The minimum atomic E-state index is -0.851. The topological polar surface area (TPSA) is 70.0 Å². The van der Waals surface area contributed by atoms with Crippen LogP contribution in [0.3, 0.4) is 0 Å². The maximum Gasteiger partial charge on any atom is 0.0995 e. The molecule has 3 N–H and O–H groups in total. The van der Waals surface area contributed by atoms with Crippen LogP contribution in [0.15, 0.2) is 18.2 Å². The molecule has 0 heterocycles. The molecule has 0 aliphatic heterocycles. The second-order valence-corrected chi connectivity index (χ2v) is 3.68.